The van der Waals surface area contributed by atoms with Gasteiger partial charge in [0, 0.05) is 18.8 Å². The molecule has 0 spiro atoms. The second-order valence-electron chi connectivity index (χ2n) is 7.04. The number of carbonyl (C=O) groups is 2. The van der Waals surface area contributed by atoms with Gasteiger partial charge in [0.05, 0.1) is 17.5 Å². The molecular formula is C20H21F3N2O5S. The number of thiophene rings is 1. The second-order valence-corrected chi connectivity index (χ2v) is 7.95. The van der Waals surface area contributed by atoms with E-state index in [1.807, 2.05) is 41.5 Å². The van der Waals surface area contributed by atoms with Gasteiger partial charge < -0.3 is 19.5 Å². The zero-order valence-corrected chi connectivity index (χ0v) is 17.4. The third kappa shape index (κ3) is 5.53. The highest BCUT2D eigenvalue weighted by Gasteiger charge is 2.46. The molecule has 2 fully saturated rings. The molecule has 2 aromatic rings. The number of aromatic nitrogens is 1. The third-order valence-corrected chi connectivity index (χ3v) is 6.01. The molecule has 11 heteroatoms. The maximum atomic E-state index is 12.9. The first kappa shape index (κ1) is 23.0. The number of hydrogen-bond acceptors (Lipinski definition) is 6. The third-order valence-electron chi connectivity index (χ3n) is 5.01. The summed E-state index contributed by atoms with van der Waals surface area (Å²) in [5, 5.41) is 9.10. The summed E-state index contributed by atoms with van der Waals surface area (Å²) < 4.78 is 43.7. The molecule has 31 heavy (non-hydrogen) atoms. The average Bonchev–Trinajstić information content (AvgIpc) is 3.34. The van der Waals surface area contributed by atoms with Gasteiger partial charge in [0.25, 0.3) is 5.91 Å². The predicted octanol–water partition coefficient (Wildman–Crippen LogP) is 3.54. The molecule has 0 radical (unpaired) electrons. The van der Waals surface area contributed by atoms with Crippen LogP contribution in [0.2, 0.25) is 0 Å². The van der Waals surface area contributed by atoms with Crippen molar-refractivity contribution in [3.8, 4) is 5.88 Å². The van der Waals surface area contributed by atoms with Crippen molar-refractivity contribution in [2.75, 3.05) is 13.2 Å². The Hall–Kier alpha value is -2.66. The first-order valence-electron chi connectivity index (χ1n) is 9.53. The molecule has 1 saturated carbocycles. The summed E-state index contributed by atoms with van der Waals surface area (Å²) in [6, 6.07) is 7.71. The van der Waals surface area contributed by atoms with E-state index in [0.717, 1.165) is 23.3 Å². The Balaban J connectivity index is 0.000000339. The highest BCUT2D eigenvalue weighted by molar-refractivity contribution is 7.12. The molecule has 1 N–H and O–H groups in total. The van der Waals surface area contributed by atoms with Crippen molar-refractivity contribution in [1.29, 1.82) is 0 Å². The second kappa shape index (κ2) is 9.65. The van der Waals surface area contributed by atoms with Crippen molar-refractivity contribution in [3.05, 3.63) is 46.3 Å². The zero-order valence-electron chi connectivity index (χ0n) is 16.5. The lowest BCUT2D eigenvalue weighted by Crippen LogP contribution is -2.54. The summed E-state index contributed by atoms with van der Waals surface area (Å²) >= 11 is 1.52. The Bertz CT molecular complexity index is 906. The molecule has 1 aliphatic heterocycles. The number of fused-ring (bicyclic) bond motifs is 1. The van der Waals surface area contributed by atoms with Crippen molar-refractivity contribution in [2.45, 2.75) is 44.2 Å². The fraction of sp³-hybridized carbons (Fsp3) is 0.450. The van der Waals surface area contributed by atoms with E-state index in [0.29, 0.717) is 19.0 Å². The highest BCUT2D eigenvalue weighted by Crippen LogP contribution is 2.34. The molecule has 7 nitrogen and oxygen atoms in total. The van der Waals surface area contributed by atoms with Gasteiger partial charge in [0.1, 0.15) is 12.2 Å². The van der Waals surface area contributed by atoms with Crippen LogP contribution in [0.5, 0.6) is 5.88 Å². The summed E-state index contributed by atoms with van der Waals surface area (Å²) in [5.74, 6) is -2.02. The predicted molar refractivity (Wildman–Crippen MR) is 105 cm³/mol. The normalized spacial score (nSPS) is 22.8. The van der Waals surface area contributed by atoms with E-state index in [1.54, 1.807) is 6.20 Å². The van der Waals surface area contributed by atoms with Crippen molar-refractivity contribution >= 4 is 23.2 Å². The molecule has 1 amide bonds. The number of amides is 1. The van der Waals surface area contributed by atoms with Crippen LogP contribution in [0.3, 0.4) is 0 Å². The van der Waals surface area contributed by atoms with Gasteiger partial charge >= 0.3 is 12.1 Å². The molecule has 0 bridgehead atoms. The maximum Gasteiger partial charge on any atom is 0.490 e. The summed E-state index contributed by atoms with van der Waals surface area (Å²) in [7, 11) is 0. The van der Waals surface area contributed by atoms with Crippen molar-refractivity contribution in [2.24, 2.45) is 0 Å². The van der Waals surface area contributed by atoms with Crippen LogP contribution in [0, 0.1) is 6.92 Å². The Kier molecular flexibility index (Phi) is 7.16. The van der Waals surface area contributed by atoms with Crippen molar-refractivity contribution < 1.29 is 37.3 Å². The van der Waals surface area contributed by atoms with Gasteiger partial charge in [-0.1, -0.05) is 6.07 Å². The summed E-state index contributed by atoms with van der Waals surface area (Å²) in [5.41, 5.74) is 1.05. The lowest BCUT2D eigenvalue weighted by molar-refractivity contribution is -0.192. The zero-order chi connectivity index (χ0) is 22.6. The van der Waals surface area contributed by atoms with Gasteiger partial charge in [0.15, 0.2) is 0 Å². The summed E-state index contributed by atoms with van der Waals surface area (Å²) in [6.07, 6.45) is -1.72. The summed E-state index contributed by atoms with van der Waals surface area (Å²) in [6.45, 7) is 3.19. The van der Waals surface area contributed by atoms with E-state index in [-0.39, 0.29) is 24.2 Å². The fourth-order valence-corrected chi connectivity index (χ4v) is 4.47. The quantitative estimate of drug-likeness (QED) is 0.757. The minimum absolute atomic E-state index is 0.0510. The molecule has 2 aromatic heterocycles. The van der Waals surface area contributed by atoms with Crippen LogP contribution < -0.4 is 4.74 Å². The average molecular weight is 458 g/mol. The minimum atomic E-state index is -5.08. The number of carbonyl (C=O) groups excluding carboxylic acids is 1. The Morgan fingerprint density at radius 2 is 2.03 bits per heavy atom. The van der Waals surface area contributed by atoms with E-state index in [9.17, 15) is 18.0 Å². The molecule has 2 aliphatic rings. The van der Waals surface area contributed by atoms with Crippen LogP contribution in [-0.2, 0) is 9.53 Å². The smallest absolute Gasteiger partial charge is 0.475 e. The number of morpholine rings is 1. The number of carboxylic acids is 1. The molecule has 4 rings (SSSR count). The van der Waals surface area contributed by atoms with E-state index in [4.69, 9.17) is 19.4 Å². The molecule has 3 atom stereocenters. The van der Waals surface area contributed by atoms with Gasteiger partial charge in [-0.25, -0.2) is 9.78 Å². The van der Waals surface area contributed by atoms with E-state index in [2.05, 4.69) is 4.98 Å². The number of pyridine rings is 1. The number of rotatable bonds is 3. The standard InChI is InChI=1S/C18H20N2O3S.C2HF3O2/c1-12-7-11-24-17(12)18(21)20-9-10-22-16-13(20)5-6-14(16)23-15-4-2-3-8-19-15;3-2(4,5)1(6)7/h2-4,7-8,11,13-14,16H,5-6,9-10H2,1H3;(H,6,7)/t13-,14-,16+;/m0./s1. The lowest BCUT2D eigenvalue weighted by Gasteiger charge is -2.38. The Morgan fingerprint density at radius 3 is 2.61 bits per heavy atom. The van der Waals surface area contributed by atoms with Crippen LogP contribution in [0.25, 0.3) is 0 Å². The van der Waals surface area contributed by atoms with Gasteiger partial charge in [-0.3, -0.25) is 4.79 Å². The fourth-order valence-electron chi connectivity index (χ4n) is 3.59. The molecule has 0 aromatic carbocycles. The number of carboxylic acid groups (broad SMARTS) is 1. The largest absolute Gasteiger partial charge is 0.490 e. The number of nitrogens with zero attached hydrogens (tertiary/aromatic N) is 2. The van der Waals surface area contributed by atoms with Gasteiger partial charge in [-0.15, -0.1) is 11.3 Å². The first-order chi connectivity index (χ1) is 14.7. The summed E-state index contributed by atoms with van der Waals surface area (Å²) in [4.78, 5) is 28.9. The monoisotopic (exact) mass is 458 g/mol. The Morgan fingerprint density at radius 1 is 1.29 bits per heavy atom. The number of hydrogen-bond donors (Lipinski definition) is 1. The number of halogens is 3. The molecule has 168 valence electrons. The molecule has 0 unspecified atom stereocenters. The highest BCUT2D eigenvalue weighted by atomic mass is 32.1. The van der Waals surface area contributed by atoms with Crippen LogP contribution in [-0.4, -0.2) is 64.4 Å². The molecule has 1 aliphatic carbocycles. The van der Waals surface area contributed by atoms with Crippen LogP contribution in [0.15, 0.2) is 35.8 Å². The van der Waals surface area contributed by atoms with E-state index < -0.39 is 12.1 Å². The van der Waals surface area contributed by atoms with E-state index in [1.165, 1.54) is 11.3 Å². The maximum absolute atomic E-state index is 12.9. The molecule has 3 heterocycles. The topological polar surface area (TPSA) is 89.0 Å². The molecule has 1 saturated heterocycles. The van der Waals surface area contributed by atoms with Crippen LogP contribution in [0.1, 0.15) is 28.1 Å². The van der Waals surface area contributed by atoms with Gasteiger partial charge in [-0.2, -0.15) is 13.2 Å². The number of alkyl halides is 3. The lowest BCUT2D eigenvalue weighted by atomic mass is 10.1. The van der Waals surface area contributed by atoms with Crippen molar-refractivity contribution in [3.63, 3.8) is 0 Å². The minimum Gasteiger partial charge on any atom is -0.475 e. The van der Waals surface area contributed by atoms with Crippen molar-refractivity contribution in [1.82, 2.24) is 9.88 Å². The van der Waals surface area contributed by atoms with Crippen LogP contribution in [0.4, 0.5) is 13.2 Å². The number of aliphatic carboxylic acids is 1. The van der Waals surface area contributed by atoms with Gasteiger partial charge in [-0.05, 0) is 42.8 Å². The first-order valence-corrected chi connectivity index (χ1v) is 10.4. The van der Waals surface area contributed by atoms with E-state index >= 15 is 0 Å². The number of ether oxygens (including phenoxy) is 2. The Labute approximate surface area is 180 Å². The molecular weight excluding hydrogens is 437 g/mol. The van der Waals surface area contributed by atoms with Crippen LogP contribution >= 0.6 is 11.3 Å². The number of aryl methyl sites for hydroxylation is 1. The SMILES string of the molecule is Cc1ccsc1C(=O)N1CCO[C@H]2[C@@H](Oc3ccccn3)CC[C@@H]21.O=C(O)C(F)(F)F. The van der Waals surface area contributed by atoms with Gasteiger partial charge in [0.2, 0.25) is 5.88 Å².